The molecular weight excluding hydrogens is 510 g/mol. The van der Waals surface area contributed by atoms with Crippen LogP contribution < -0.4 is 11.1 Å². The molecule has 2 fully saturated rings. The molecule has 5 atom stereocenters. The molecule has 2 aliphatic rings. The van der Waals surface area contributed by atoms with Crippen LogP contribution in [0.2, 0.25) is 0 Å². The van der Waals surface area contributed by atoms with Crippen molar-refractivity contribution >= 4 is 21.8 Å². The Balaban J connectivity index is 1.51. The minimum atomic E-state index is -3.93. The van der Waals surface area contributed by atoms with Gasteiger partial charge in [0.05, 0.1) is 36.2 Å². The highest BCUT2D eigenvalue weighted by Crippen LogP contribution is 2.33. The number of sulfonamides is 1. The van der Waals surface area contributed by atoms with Crippen molar-refractivity contribution in [2.45, 2.75) is 56.1 Å². The number of aliphatic hydroxyl groups is 1. The smallest absolute Gasteiger partial charge is 0.407 e. The van der Waals surface area contributed by atoms with Crippen molar-refractivity contribution in [3.8, 4) is 0 Å². The number of alkyl carbamates (subject to hydrolysis) is 1. The first-order chi connectivity index (χ1) is 18.1. The Morgan fingerprint density at radius 3 is 2.53 bits per heavy atom. The van der Waals surface area contributed by atoms with Gasteiger partial charge in [-0.05, 0) is 48.6 Å². The second kappa shape index (κ2) is 12.4. The Morgan fingerprint density at radius 1 is 1.13 bits per heavy atom. The Morgan fingerprint density at radius 2 is 1.84 bits per heavy atom. The van der Waals surface area contributed by atoms with Gasteiger partial charge in [-0.2, -0.15) is 4.31 Å². The van der Waals surface area contributed by atoms with Crippen LogP contribution in [0.15, 0.2) is 59.5 Å². The number of hydrogen-bond donors (Lipinski definition) is 3. The Kier molecular flexibility index (Phi) is 9.27. The molecule has 38 heavy (non-hydrogen) atoms. The maximum absolute atomic E-state index is 13.5. The molecule has 4 N–H and O–H groups in total. The number of nitrogens with zero attached hydrogens (tertiary/aromatic N) is 1. The van der Waals surface area contributed by atoms with Gasteiger partial charge in [-0.1, -0.05) is 44.2 Å². The van der Waals surface area contributed by atoms with Gasteiger partial charge in [-0.15, -0.1) is 0 Å². The number of amides is 1. The van der Waals surface area contributed by atoms with E-state index in [4.69, 9.17) is 19.9 Å². The van der Waals surface area contributed by atoms with Crippen molar-refractivity contribution < 1.29 is 32.5 Å². The van der Waals surface area contributed by atoms with Crippen LogP contribution in [0.3, 0.4) is 0 Å². The number of fused-ring (bicyclic) bond motifs is 1. The summed E-state index contributed by atoms with van der Waals surface area (Å²) in [4.78, 5) is 13.0. The van der Waals surface area contributed by atoms with E-state index in [1.54, 1.807) is 0 Å². The lowest BCUT2D eigenvalue weighted by atomic mass is 10.0. The summed E-state index contributed by atoms with van der Waals surface area (Å²) in [6, 6.07) is 14.5. The topological polar surface area (TPSA) is 140 Å². The number of nitrogen functional groups attached to an aromatic ring is 1. The zero-order chi connectivity index (χ0) is 27.3. The van der Waals surface area contributed by atoms with Gasteiger partial charge in [0.25, 0.3) is 0 Å². The number of carbonyl (C=O) groups is 1. The lowest BCUT2D eigenvalue weighted by Gasteiger charge is -2.31. The van der Waals surface area contributed by atoms with E-state index in [0.29, 0.717) is 12.3 Å². The first-order valence-corrected chi connectivity index (χ1v) is 14.4. The molecule has 1 amide bonds. The number of aliphatic hydroxyl groups excluding tert-OH is 1. The van der Waals surface area contributed by atoms with Gasteiger partial charge in [0.1, 0.15) is 6.10 Å². The zero-order valence-electron chi connectivity index (χ0n) is 21.7. The van der Waals surface area contributed by atoms with Crippen molar-refractivity contribution in [1.29, 1.82) is 0 Å². The highest BCUT2D eigenvalue weighted by atomic mass is 32.2. The molecule has 2 heterocycles. The fraction of sp³-hybridized carbons (Fsp3) is 0.519. The maximum atomic E-state index is 13.5. The normalized spacial score (nSPS) is 22.8. The predicted molar refractivity (Wildman–Crippen MR) is 142 cm³/mol. The lowest BCUT2D eigenvalue weighted by molar-refractivity contribution is -0.0907. The average Bonchev–Trinajstić information content (AvgIpc) is 3.49. The van der Waals surface area contributed by atoms with Crippen LogP contribution in [0.25, 0.3) is 0 Å². The molecule has 0 bridgehead atoms. The van der Waals surface area contributed by atoms with Gasteiger partial charge in [-0.3, -0.25) is 0 Å². The quantitative estimate of drug-likeness (QED) is 0.364. The van der Waals surface area contributed by atoms with Gasteiger partial charge in [0.2, 0.25) is 10.0 Å². The molecular formula is C27H37N3O7S. The molecule has 2 saturated heterocycles. The third-order valence-corrected chi connectivity index (χ3v) is 8.63. The largest absolute Gasteiger partial charge is 0.443 e. The molecule has 0 aromatic heterocycles. The molecule has 11 heteroatoms. The maximum Gasteiger partial charge on any atom is 0.407 e. The highest BCUT2D eigenvalue weighted by molar-refractivity contribution is 7.89. The van der Waals surface area contributed by atoms with Gasteiger partial charge in [0, 0.05) is 18.8 Å². The SMILES string of the molecule is CC(C)CN(C[C@@H](O)[C@H](Cc1ccccc1)NC(=O)OC1CO[C@H]2OCCC12)S(=O)(=O)c1ccc(N)cc1. The van der Waals surface area contributed by atoms with Gasteiger partial charge >= 0.3 is 6.09 Å². The summed E-state index contributed by atoms with van der Waals surface area (Å²) >= 11 is 0. The van der Waals surface area contributed by atoms with Crippen LogP contribution in [0.5, 0.6) is 0 Å². The van der Waals surface area contributed by atoms with Crippen LogP contribution in [-0.2, 0) is 30.7 Å². The van der Waals surface area contributed by atoms with Crippen LogP contribution in [-0.4, -0.2) is 74.8 Å². The second-order valence-electron chi connectivity index (χ2n) is 10.3. The van der Waals surface area contributed by atoms with Crippen LogP contribution >= 0.6 is 0 Å². The van der Waals surface area contributed by atoms with Crippen LogP contribution in [0.1, 0.15) is 25.8 Å². The van der Waals surface area contributed by atoms with E-state index in [1.165, 1.54) is 28.6 Å². The monoisotopic (exact) mass is 547 g/mol. The first-order valence-electron chi connectivity index (χ1n) is 12.9. The van der Waals surface area contributed by atoms with E-state index in [2.05, 4.69) is 5.32 Å². The number of ether oxygens (including phenoxy) is 3. The fourth-order valence-electron chi connectivity index (χ4n) is 4.82. The third-order valence-electron chi connectivity index (χ3n) is 6.79. The molecule has 10 nitrogen and oxygen atoms in total. The molecule has 0 saturated carbocycles. The second-order valence-corrected chi connectivity index (χ2v) is 12.2. The van der Waals surface area contributed by atoms with E-state index < -0.39 is 34.4 Å². The van der Waals surface area contributed by atoms with E-state index in [1.807, 2.05) is 44.2 Å². The van der Waals surface area contributed by atoms with Crippen molar-refractivity contribution in [2.24, 2.45) is 11.8 Å². The van der Waals surface area contributed by atoms with Crippen molar-refractivity contribution in [3.63, 3.8) is 0 Å². The Labute approximate surface area is 224 Å². The van der Waals surface area contributed by atoms with E-state index >= 15 is 0 Å². The number of benzene rings is 2. The van der Waals surface area contributed by atoms with Crippen LogP contribution in [0.4, 0.5) is 10.5 Å². The van der Waals surface area contributed by atoms with Gasteiger partial charge in [0.15, 0.2) is 6.29 Å². The van der Waals surface area contributed by atoms with Crippen molar-refractivity contribution in [3.05, 3.63) is 60.2 Å². The molecule has 0 aliphatic carbocycles. The molecule has 2 aromatic rings. The Hall–Kier alpha value is -2.70. The number of hydrogen-bond acceptors (Lipinski definition) is 8. The Bertz CT molecular complexity index is 1160. The molecule has 208 valence electrons. The summed E-state index contributed by atoms with van der Waals surface area (Å²) in [5.74, 6) is -0.0231. The predicted octanol–water partition coefficient (Wildman–Crippen LogP) is 2.38. The minimum Gasteiger partial charge on any atom is -0.443 e. The number of carbonyl (C=O) groups excluding carboxylic acids is 1. The number of nitrogens with one attached hydrogen (secondary N) is 1. The third kappa shape index (κ3) is 7.03. The molecule has 0 spiro atoms. The van der Waals surface area contributed by atoms with Gasteiger partial charge < -0.3 is 30.4 Å². The average molecular weight is 548 g/mol. The summed E-state index contributed by atoms with van der Waals surface area (Å²) in [6.45, 7) is 4.58. The molecule has 2 unspecified atom stereocenters. The zero-order valence-corrected chi connectivity index (χ0v) is 22.5. The molecule has 4 rings (SSSR count). The highest BCUT2D eigenvalue weighted by Gasteiger charge is 2.44. The van der Waals surface area contributed by atoms with Crippen molar-refractivity contribution in [2.75, 3.05) is 32.0 Å². The van der Waals surface area contributed by atoms with Crippen LogP contribution in [0, 0.1) is 11.8 Å². The number of nitrogens with two attached hydrogens (primary N) is 1. The number of rotatable bonds is 11. The van der Waals surface area contributed by atoms with E-state index in [0.717, 1.165) is 12.0 Å². The fourth-order valence-corrected chi connectivity index (χ4v) is 6.45. The summed E-state index contributed by atoms with van der Waals surface area (Å²) in [5.41, 5.74) is 7.07. The van der Waals surface area contributed by atoms with E-state index in [-0.39, 0.29) is 49.1 Å². The van der Waals surface area contributed by atoms with Gasteiger partial charge in [-0.25, -0.2) is 13.2 Å². The minimum absolute atomic E-state index is 0.000183. The number of anilines is 1. The molecule has 2 aromatic carbocycles. The lowest BCUT2D eigenvalue weighted by Crippen LogP contribution is -2.51. The summed E-state index contributed by atoms with van der Waals surface area (Å²) < 4.78 is 44.9. The molecule has 0 radical (unpaired) electrons. The molecule has 2 aliphatic heterocycles. The van der Waals surface area contributed by atoms with E-state index in [9.17, 15) is 18.3 Å². The summed E-state index contributed by atoms with van der Waals surface area (Å²) in [6.07, 6.45) is -1.69. The summed E-state index contributed by atoms with van der Waals surface area (Å²) in [5, 5.41) is 14.1. The standard InChI is InChI=1S/C27H37N3O7S/c1-18(2)15-30(38(33,34)21-10-8-20(28)9-11-21)16-24(31)23(14-19-6-4-3-5-7-19)29-27(32)37-25-17-36-26-22(25)12-13-35-26/h3-11,18,22-26,31H,12-17,28H2,1-2H3,(H,29,32)/t22?,23-,24+,25?,26+/m0/s1. The van der Waals surface area contributed by atoms with Crippen molar-refractivity contribution in [1.82, 2.24) is 9.62 Å². The first kappa shape index (κ1) is 28.3. The summed E-state index contributed by atoms with van der Waals surface area (Å²) in [7, 11) is -3.93.